The molecule has 1 saturated carbocycles. The predicted molar refractivity (Wildman–Crippen MR) is 207 cm³/mol. The Kier molecular flexibility index (Phi) is 14.2. The fourth-order valence-electron chi connectivity index (χ4n) is 7.60. The summed E-state index contributed by atoms with van der Waals surface area (Å²) >= 11 is 0. The number of nitrogens with zero attached hydrogens (tertiary/aromatic N) is 1. The molecule has 0 aliphatic heterocycles. The molecule has 0 spiro atoms. The highest BCUT2D eigenvalue weighted by atomic mass is 16.6. The van der Waals surface area contributed by atoms with Gasteiger partial charge in [0.1, 0.15) is 18.3 Å². The monoisotopic (exact) mass is 803 g/mol. The van der Waals surface area contributed by atoms with Crippen LogP contribution >= 0.6 is 0 Å². The number of ether oxygens (including phenoxy) is 6. The molecule has 0 amide bonds. The molecule has 58 heavy (non-hydrogen) atoms. The van der Waals surface area contributed by atoms with Crippen LogP contribution in [0.3, 0.4) is 0 Å². The molecule has 2 aliphatic carbocycles. The number of Topliss-reactive ketones (excluding diaryl/α,β-unsaturated/α-hetero) is 1. The molecular weight excluding hydrogens is 750 g/mol. The van der Waals surface area contributed by atoms with Gasteiger partial charge in [-0.1, -0.05) is 83.7 Å². The van der Waals surface area contributed by atoms with Crippen molar-refractivity contribution in [1.82, 2.24) is 4.98 Å². The van der Waals surface area contributed by atoms with Gasteiger partial charge in [-0.2, -0.15) is 0 Å². The molecular formula is C44H53NO13. The summed E-state index contributed by atoms with van der Waals surface area (Å²) in [5, 5.41) is 0. The summed E-state index contributed by atoms with van der Waals surface area (Å²) < 4.78 is 36.3. The van der Waals surface area contributed by atoms with E-state index in [4.69, 9.17) is 28.4 Å². The molecule has 14 heteroatoms. The largest absolute Gasteiger partial charge is 0.458 e. The average molecular weight is 804 g/mol. The van der Waals surface area contributed by atoms with Crippen LogP contribution in [0.5, 0.6) is 0 Å². The van der Waals surface area contributed by atoms with Gasteiger partial charge in [-0.05, 0) is 24.6 Å². The van der Waals surface area contributed by atoms with E-state index in [1.165, 1.54) is 25.4 Å². The topological polar surface area (TPSA) is 188 Å². The summed E-state index contributed by atoms with van der Waals surface area (Å²) in [6, 6.07) is 11.8. The van der Waals surface area contributed by atoms with E-state index in [1.54, 1.807) is 83.2 Å². The number of ketones is 1. The highest BCUT2D eigenvalue weighted by Crippen LogP contribution is 2.54. The number of aromatic nitrogens is 1. The van der Waals surface area contributed by atoms with E-state index < -0.39 is 107 Å². The first-order valence-electron chi connectivity index (χ1n) is 19.1. The van der Waals surface area contributed by atoms with Crippen molar-refractivity contribution >= 4 is 41.6 Å². The third kappa shape index (κ3) is 10.4. The van der Waals surface area contributed by atoms with Crippen molar-refractivity contribution in [2.24, 2.45) is 23.2 Å². The summed E-state index contributed by atoms with van der Waals surface area (Å²) in [7, 11) is 0. The minimum atomic E-state index is -2.30. The molecule has 1 aromatic heterocycles. The summed E-state index contributed by atoms with van der Waals surface area (Å²) in [4.78, 5) is 99.2. The lowest BCUT2D eigenvalue weighted by molar-refractivity contribution is -0.190. The lowest BCUT2D eigenvalue weighted by Crippen LogP contribution is -2.57. The molecule has 312 valence electrons. The normalized spacial score (nSPS) is 28.7. The summed E-state index contributed by atoms with van der Waals surface area (Å²) in [6.45, 7) is 17.2. The van der Waals surface area contributed by atoms with Crippen LogP contribution in [-0.2, 0) is 63.6 Å². The zero-order chi connectivity index (χ0) is 43.2. The van der Waals surface area contributed by atoms with E-state index >= 15 is 4.79 Å². The number of esters is 6. The smallest absolute Gasteiger partial charge is 0.340 e. The number of fused-ring (bicyclic) bond motifs is 1. The Morgan fingerprint density at radius 1 is 0.862 bits per heavy atom. The van der Waals surface area contributed by atoms with Crippen molar-refractivity contribution in [2.45, 2.75) is 117 Å². The Bertz CT molecular complexity index is 1920. The second kappa shape index (κ2) is 18.3. The van der Waals surface area contributed by atoms with Crippen LogP contribution in [0.4, 0.5) is 0 Å². The second-order valence-electron chi connectivity index (χ2n) is 16.1. The van der Waals surface area contributed by atoms with Crippen LogP contribution in [0.15, 0.2) is 79.2 Å². The maximum Gasteiger partial charge on any atom is 0.340 e. The molecule has 0 N–H and O–H groups in total. The van der Waals surface area contributed by atoms with Gasteiger partial charge in [0, 0.05) is 62.9 Å². The fraction of sp³-hybridized carbons (Fsp3) is 0.500. The molecule has 0 radical (unpaired) electrons. The zero-order valence-electron chi connectivity index (χ0n) is 34.5. The highest BCUT2D eigenvalue weighted by molar-refractivity contribution is 5.94. The van der Waals surface area contributed by atoms with Gasteiger partial charge in [0.25, 0.3) is 0 Å². The van der Waals surface area contributed by atoms with Gasteiger partial charge in [-0.15, -0.1) is 0 Å². The Morgan fingerprint density at radius 3 is 2.09 bits per heavy atom. The number of hydrogen-bond acceptors (Lipinski definition) is 14. The molecule has 0 unspecified atom stereocenters. The molecule has 0 saturated heterocycles. The van der Waals surface area contributed by atoms with E-state index in [-0.39, 0.29) is 24.0 Å². The lowest BCUT2D eigenvalue weighted by atomic mass is 9.72. The molecule has 4 rings (SSSR count). The van der Waals surface area contributed by atoms with Crippen molar-refractivity contribution in [2.75, 3.05) is 0 Å². The molecule has 2 aliphatic rings. The minimum absolute atomic E-state index is 0.119. The van der Waals surface area contributed by atoms with Gasteiger partial charge in [-0.3, -0.25) is 33.8 Å². The maximum atomic E-state index is 15.2. The number of rotatable bonds is 10. The first-order chi connectivity index (χ1) is 27.1. The molecule has 1 fully saturated rings. The first kappa shape index (κ1) is 45.0. The molecule has 2 aromatic rings. The Hall–Kier alpha value is -5.66. The van der Waals surface area contributed by atoms with Gasteiger partial charge in [-0.25, -0.2) is 4.79 Å². The first-order valence-corrected chi connectivity index (χ1v) is 19.1. The van der Waals surface area contributed by atoms with Crippen LogP contribution in [0.1, 0.15) is 91.1 Å². The second-order valence-corrected chi connectivity index (χ2v) is 16.1. The van der Waals surface area contributed by atoms with Crippen molar-refractivity contribution in [3.05, 3.63) is 90.3 Å². The minimum Gasteiger partial charge on any atom is -0.458 e. The molecule has 8 atom stereocenters. The number of carbonyl (C=O) groups excluding carboxylic acids is 7. The maximum absolute atomic E-state index is 15.2. The van der Waals surface area contributed by atoms with Crippen LogP contribution in [0.2, 0.25) is 0 Å². The van der Waals surface area contributed by atoms with E-state index in [9.17, 15) is 28.8 Å². The number of allylic oxidation sites excluding steroid dienone is 1. The fourth-order valence-corrected chi connectivity index (χ4v) is 7.60. The van der Waals surface area contributed by atoms with Crippen LogP contribution in [-0.4, -0.2) is 82.2 Å². The third-order valence-electron chi connectivity index (χ3n) is 10.4. The van der Waals surface area contributed by atoms with E-state index in [2.05, 4.69) is 11.6 Å². The van der Waals surface area contributed by atoms with Gasteiger partial charge in [0.05, 0.1) is 23.8 Å². The van der Waals surface area contributed by atoms with Crippen LogP contribution in [0.25, 0.3) is 0 Å². The Balaban J connectivity index is 2.01. The van der Waals surface area contributed by atoms with E-state index in [1.807, 2.05) is 0 Å². The van der Waals surface area contributed by atoms with Crippen molar-refractivity contribution in [3.8, 4) is 0 Å². The molecule has 1 aromatic carbocycles. The predicted octanol–water partition coefficient (Wildman–Crippen LogP) is 5.65. The van der Waals surface area contributed by atoms with Crippen molar-refractivity contribution < 1.29 is 62.0 Å². The van der Waals surface area contributed by atoms with E-state index in [0.717, 1.165) is 20.8 Å². The number of carbonyl (C=O) groups is 7. The van der Waals surface area contributed by atoms with Crippen LogP contribution in [0, 0.1) is 23.2 Å². The summed E-state index contributed by atoms with van der Waals surface area (Å²) in [6.07, 6.45) is -0.729. The van der Waals surface area contributed by atoms with Crippen molar-refractivity contribution in [1.29, 1.82) is 0 Å². The van der Waals surface area contributed by atoms with Crippen molar-refractivity contribution in [3.63, 3.8) is 0 Å². The number of benzene rings is 1. The van der Waals surface area contributed by atoms with Gasteiger partial charge >= 0.3 is 35.8 Å². The average Bonchev–Trinajstić information content (AvgIpc) is 3.37. The SMILES string of the molecule is C=C1[C@@H](OC(C)=O)[C@H]2[C@@H](OC(C)=O)[C@](C)(OC(=O)Cc3ccccc3)C[C@]2(OC(C)=O)C(=O)[C@H](C)/C=C/C(C)(C)[C@H](OC(=O)c2cccnc2)C[C@H]1OC(=O)C(C)C. The van der Waals surface area contributed by atoms with Crippen LogP contribution < -0.4 is 0 Å². The third-order valence-corrected chi connectivity index (χ3v) is 10.4. The quantitative estimate of drug-likeness (QED) is 0.163. The highest BCUT2D eigenvalue weighted by Gasteiger charge is 2.71. The lowest BCUT2D eigenvalue weighted by Gasteiger charge is -2.42. The molecule has 0 bridgehead atoms. The summed E-state index contributed by atoms with van der Waals surface area (Å²) in [5.41, 5.74) is -4.63. The van der Waals surface area contributed by atoms with Gasteiger partial charge < -0.3 is 28.4 Å². The number of hydrogen-bond donors (Lipinski definition) is 0. The molecule has 14 nitrogen and oxygen atoms in total. The molecule has 1 heterocycles. The van der Waals surface area contributed by atoms with Gasteiger partial charge in [0.2, 0.25) is 0 Å². The van der Waals surface area contributed by atoms with Gasteiger partial charge in [0.15, 0.2) is 23.1 Å². The Morgan fingerprint density at radius 2 is 1.52 bits per heavy atom. The Labute approximate surface area is 338 Å². The standard InChI is InChI=1S/C44H53NO13/c1-25(2)40(51)55-33-22-34(56-41(52)32-17-14-20-45-23-32)42(8,9)19-18-26(3)38(50)44(57-30(7)48)24-43(10,58-35(49)21-31-15-12-11-13-16-31)39(54-29(6)47)36(44)37(27(33)4)53-28(5)46/h11-20,23,25-26,33-34,36-37,39H,4,21-22,24H2,1-3,5-10H3/b19-18+/t26-,33-,34-,36+,37-,39-,43-,44-/m1/s1. The zero-order valence-corrected chi connectivity index (χ0v) is 34.5. The van der Waals surface area contributed by atoms with E-state index in [0.29, 0.717) is 5.56 Å². The number of pyridine rings is 1. The summed E-state index contributed by atoms with van der Waals surface area (Å²) in [5.74, 6) is -8.92.